The van der Waals surface area contributed by atoms with Crippen molar-refractivity contribution in [1.82, 2.24) is 4.57 Å². The number of nitrogens with zero attached hydrogens (tertiary/aromatic N) is 2. The van der Waals surface area contributed by atoms with Gasteiger partial charge in [0.2, 0.25) is 0 Å². The molecule has 3 heteroatoms. The first-order chi connectivity index (χ1) is 7.27. The molecule has 1 aromatic rings. The van der Waals surface area contributed by atoms with Crippen molar-refractivity contribution in [3.05, 3.63) is 24.0 Å². The zero-order chi connectivity index (χ0) is 11.1. The van der Waals surface area contributed by atoms with Crippen molar-refractivity contribution in [3.8, 4) is 6.07 Å². The molecule has 0 aliphatic carbocycles. The molecule has 0 aliphatic heterocycles. The van der Waals surface area contributed by atoms with Crippen molar-refractivity contribution in [2.75, 3.05) is 0 Å². The number of rotatable bonds is 6. The Morgan fingerprint density at radius 2 is 2.40 bits per heavy atom. The largest absolute Gasteiger partial charge is 0.351 e. The number of nitriles is 1. The summed E-state index contributed by atoms with van der Waals surface area (Å²) in [5.74, 6) is 0. The second kappa shape index (κ2) is 6.26. The molecule has 0 aromatic carbocycles. The highest BCUT2D eigenvalue weighted by Gasteiger charge is 2.05. The van der Waals surface area contributed by atoms with Gasteiger partial charge in [0.15, 0.2) is 0 Å². The molecular weight excluding hydrogens is 186 g/mol. The van der Waals surface area contributed by atoms with Crippen LogP contribution in [0.4, 0.5) is 0 Å². The van der Waals surface area contributed by atoms with Crippen LogP contribution in [-0.2, 0) is 13.0 Å². The van der Waals surface area contributed by atoms with E-state index in [-0.39, 0.29) is 6.04 Å². The number of aryl methyl sites for hydroxylation is 1. The van der Waals surface area contributed by atoms with Crippen LogP contribution in [0.2, 0.25) is 0 Å². The Hall–Kier alpha value is -1.27. The van der Waals surface area contributed by atoms with Crippen LogP contribution < -0.4 is 5.73 Å². The van der Waals surface area contributed by atoms with Crippen LogP contribution in [-0.4, -0.2) is 10.6 Å². The molecule has 0 bridgehead atoms. The Labute approximate surface area is 91.5 Å². The summed E-state index contributed by atoms with van der Waals surface area (Å²) in [6.07, 6.45) is 5.53. The third-order valence-corrected chi connectivity index (χ3v) is 2.61. The summed E-state index contributed by atoms with van der Waals surface area (Å²) >= 11 is 0. The maximum Gasteiger partial charge on any atom is 0.0622 e. The van der Waals surface area contributed by atoms with Gasteiger partial charge in [-0.05, 0) is 25.0 Å². The summed E-state index contributed by atoms with van der Waals surface area (Å²) < 4.78 is 2.20. The Kier molecular flexibility index (Phi) is 4.92. The summed E-state index contributed by atoms with van der Waals surface area (Å²) in [6.45, 7) is 3.03. The predicted octanol–water partition coefficient (Wildman–Crippen LogP) is 2.07. The van der Waals surface area contributed by atoms with Crippen LogP contribution in [0.5, 0.6) is 0 Å². The Morgan fingerprint density at radius 1 is 1.60 bits per heavy atom. The standard InChI is InChI=1S/C12H19N3/c1-2-11(14)10-12-6-5-9-15(12)8-4-3-7-13/h5-6,9,11H,2-4,8,10,14H2,1H3. The Balaban J connectivity index is 2.50. The normalized spacial score (nSPS) is 12.3. The molecule has 3 nitrogen and oxygen atoms in total. The third kappa shape index (κ3) is 3.77. The lowest BCUT2D eigenvalue weighted by Crippen LogP contribution is -2.23. The van der Waals surface area contributed by atoms with E-state index in [2.05, 4.69) is 29.8 Å². The predicted molar refractivity (Wildman–Crippen MR) is 61.2 cm³/mol. The minimum atomic E-state index is 0.245. The Morgan fingerprint density at radius 3 is 3.07 bits per heavy atom. The second-order valence-corrected chi connectivity index (χ2v) is 3.83. The first kappa shape index (κ1) is 11.8. The van der Waals surface area contributed by atoms with Gasteiger partial charge in [-0.2, -0.15) is 5.26 Å². The van der Waals surface area contributed by atoms with E-state index in [9.17, 15) is 0 Å². The fourth-order valence-corrected chi connectivity index (χ4v) is 1.59. The van der Waals surface area contributed by atoms with Crippen LogP contribution in [0.25, 0.3) is 0 Å². The lowest BCUT2D eigenvalue weighted by atomic mass is 10.1. The van der Waals surface area contributed by atoms with Crippen molar-refractivity contribution in [2.45, 2.75) is 45.2 Å². The zero-order valence-electron chi connectivity index (χ0n) is 9.32. The minimum Gasteiger partial charge on any atom is -0.351 e. The highest BCUT2D eigenvalue weighted by atomic mass is 15.0. The van der Waals surface area contributed by atoms with Gasteiger partial charge in [0.25, 0.3) is 0 Å². The molecule has 0 saturated carbocycles. The molecule has 0 spiro atoms. The van der Waals surface area contributed by atoms with Crippen LogP contribution in [0.15, 0.2) is 18.3 Å². The van der Waals surface area contributed by atoms with Crippen molar-refractivity contribution in [3.63, 3.8) is 0 Å². The zero-order valence-corrected chi connectivity index (χ0v) is 9.32. The fraction of sp³-hybridized carbons (Fsp3) is 0.583. The highest BCUT2D eigenvalue weighted by molar-refractivity contribution is 5.08. The third-order valence-electron chi connectivity index (χ3n) is 2.61. The van der Waals surface area contributed by atoms with Gasteiger partial charge in [-0.15, -0.1) is 0 Å². The minimum absolute atomic E-state index is 0.245. The van der Waals surface area contributed by atoms with E-state index in [0.717, 1.165) is 25.8 Å². The lowest BCUT2D eigenvalue weighted by Gasteiger charge is -2.12. The molecule has 0 aliphatic rings. The Bertz CT molecular complexity index is 322. The van der Waals surface area contributed by atoms with E-state index in [4.69, 9.17) is 11.0 Å². The van der Waals surface area contributed by atoms with Gasteiger partial charge in [-0.1, -0.05) is 6.92 Å². The maximum atomic E-state index is 8.47. The van der Waals surface area contributed by atoms with Crippen molar-refractivity contribution in [2.24, 2.45) is 5.73 Å². The number of hydrogen-bond donors (Lipinski definition) is 1. The number of aromatic nitrogens is 1. The molecule has 2 N–H and O–H groups in total. The molecule has 82 valence electrons. The quantitative estimate of drug-likeness (QED) is 0.723. The van der Waals surface area contributed by atoms with E-state index >= 15 is 0 Å². The topological polar surface area (TPSA) is 54.7 Å². The summed E-state index contributed by atoms with van der Waals surface area (Å²) in [6, 6.07) is 6.57. The van der Waals surface area contributed by atoms with Crippen molar-refractivity contribution >= 4 is 0 Å². The molecule has 1 atom stereocenters. The summed E-state index contributed by atoms with van der Waals surface area (Å²) in [7, 11) is 0. The van der Waals surface area contributed by atoms with Gasteiger partial charge < -0.3 is 10.3 Å². The van der Waals surface area contributed by atoms with E-state index in [1.165, 1.54) is 5.69 Å². The molecule has 1 rings (SSSR count). The number of unbranched alkanes of at least 4 members (excludes halogenated alkanes) is 1. The van der Waals surface area contributed by atoms with Crippen molar-refractivity contribution in [1.29, 1.82) is 5.26 Å². The maximum absolute atomic E-state index is 8.47. The van der Waals surface area contributed by atoms with E-state index in [1.807, 2.05) is 6.07 Å². The van der Waals surface area contributed by atoms with Crippen molar-refractivity contribution < 1.29 is 0 Å². The van der Waals surface area contributed by atoms with E-state index in [0.29, 0.717) is 6.42 Å². The molecule has 0 amide bonds. The molecule has 0 fully saturated rings. The first-order valence-corrected chi connectivity index (χ1v) is 5.54. The first-order valence-electron chi connectivity index (χ1n) is 5.54. The van der Waals surface area contributed by atoms with Crippen LogP contribution in [0, 0.1) is 11.3 Å². The fourth-order valence-electron chi connectivity index (χ4n) is 1.59. The summed E-state index contributed by atoms with van der Waals surface area (Å²) in [5, 5.41) is 8.47. The van der Waals surface area contributed by atoms with Gasteiger partial charge >= 0.3 is 0 Å². The van der Waals surface area contributed by atoms with Gasteiger partial charge in [0, 0.05) is 37.3 Å². The second-order valence-electron chi connectivity index (χ2n) is 3.83. The van der Waals surface area contributed by atoms with Gasteiger partial charge in [-0.3, -0.25) is 0 Å². The molecule has 1 aromatic heterocycles. The molecular formula is C12H19N3. The summed E-state index contributed by atoms with van der Waals surface area (Å²) in [4.78, 5) is 0. The smallest absolute Gasteiger partial charge is 0.0622 e. The average Bonchev–Trinajstić information content (AvgIpc) is 2.66. The molecule has 0 saturated heterocycles. The molecule has 1 unspecified atom stereocenters. The monoisotopic (exact) mass is 205 g/mol. The van der Waals surface area contributed by atoms with Gasteiger partial charge in [0.05, 0.1) is 6.07 Å². The average molecular weight is 205 g/mol. The van der Waals surface area contributed by atoms with E-state index in [1.54, 1.807) is 0 Å². The highest BCUT2D eigenvalue weighted by Crippen LogP contribution is 2.08. The van der Waals surface area contributed by atoms with Gasteiger partial charge in [0.1, 0.15) is 0 Å². The lowest BCUT2D eigenvalue weighted by molar-refractivity contribution is 0.579. The van der Waals surface area contributed by atoms with Crippen LogP contribution >= 0.6 is 0 Å². The summed E-state index contributed by atoms with van der Waals surface area (Å²) in [5.41, 5.74) is 7.20. The van der Waals surface area contributed by atoms with Crippen LogP contribution in [0.3, 0.4) is 0 Å². The molecule has 15 heavy (non-hydrogen) atoms. The molecule has 1 heterocycles. The van der Waals surface area contributed by atoms with E-state index < -0.39 is 0 Å². The van der Waals surface area contributed by atoms with Gasteiger partial charge in [-0.25, -0.2) is 0 Å². The molecule has 0 radical (unpaired) electrons. The SMILES string of the molecule is CCC(N)Cc1cccn1CCCC#N. The number of hydrogen-bond acceptors (Lipinski definition) is 2. The number of nitrogens with two attached hydrogens (primary N) is 1. The van der Waals surface area contributed by atoms with Crippen LogP contribution in [0.1, 0.15) is 31.9 Å².